The third kappa shape index (κ3) is 5.77. The van der Waals surface area contributed by atoms with Gasteiger partial charge >= 0.3 is 0 Å². The van der Waals surface area contributed by atoms with Crippen molar-refractivity contribution >= 4 is 34.7 Å². The standard InChI is InChI=1S/C35H36N4O4S/c1-3-9-30(38-20-26-10-7-8-13-29(26)33(38)41)34(42)39-21-28(40)18-31(39)35(43)37(27-11-5-4-6-12-27)19-24-14-16-25(17-15-24)32-23(2)36-22-44-32/h4-8,10-17,22,28,30-31,40H,3,9,18-21H2,1-2H3/t28-,30+,31+/m1/s1. The van der Waals surface area contributed by atoms with Crippen LogP contribution in [0.3, 0.4) is 0 Å². The predicted octanol–water partition coefficient (Wildman–Crippen LogP) is 5.44. The maximum atomic E-state index is 14.4. The Labute approximate surface area is 261 Å². The zero-order chi connectivity index (χ0) is 30.8. The fourth-order valence-corrected chi connectivity index (χ4v) is 7.12. The summed E-state index contributed by atoms with van der Waals surface area (Å²) in [6, 6.07) is 23.4. The van der Waals surface area contributed by atoms with E-state index in [2.05, 4.69) is 4.98 Å². The first-order valence-corrected chi connectivity index (χ1v) is 16.0. The number of aryl methyl sites for hydroxylation is 1. The van der Waals surface area contributed by atoms with Crippen LogP contribution in [0, 0.1) is 6.92 Å². The highest BCUT2D eigenvalue weighted by Crippen LogP contribution is 2.32. The molecular formula is C35H36N4O4S. The van der Waals surface area contributed by atoms with Gasteiger partial charge in [-0.15, -0.1) is 11.3 Å². The van der Waals surface area contributed by atoms with Crippen LogP contribution in [0.25, 0.3) is 10.4 Å². The van der Waals surface area contributed by atoms with Crippen LogP contribution in [0.4, 0.5) is 5.69 Å². The van der Waals surface area contributed by atoms with E-state index in [0.29, 0.717) is 37.2 Å². The van der Waals surface area contributed by atoms with Crippen LogP contribution in [0.15, 0.2) is 84.4 Å². The number of carbonyl (C=O) groups excluding carboxylic acids is 3. The smallest absolute Gasteiger partial charge is 0.255 e. The number of aliphatic hydroxyl groups is 1. The third-order valence-electron chi connectivity index (χ3n) is 8.56. The van der Waals surface area contributed by atoms with E-state index in [4.69, 9.17) is 0 Å². The summed E-state index contributed by atoms with van der Waals surface area (Å²) in [6.07, 6.45) is 0.477. The van der Waals surface area contributed by atoms with Crippen molar-refractivity contribution in [3.63, 3.8) is 0 Å². The lowest BCUT2D eigenvalue weighted by Gasteiger charge is -2.35. The summed E-state index contributed by atoms with van der Waals surface area (Å²) in [5.74, 6) is -0.715. The number of para-hydroxylation sites is 1. The highest BCUT2D eigenvalue weighted by atomic mass is 32.1. The summed E-state index contributed by atoms with van der Waals surface area (Å²) in [5, 5.41) is 10.8. The Bertz CT molecular complexity index is 1650. The van der Waals surface area contributed by atoms with Gasteiger partial charge in [-0.3, -0.25) is 14.4 Å². The van der Waals surface area contributed by atoms with Gasteiger partial charge in [-0.2, -0.15) is 0 Å². The van der Waals surface area contributed by atoms with Crippen molar-refractivity contribution in [3.8, 4) is 10.4 Å². The second kappa shape index (κ2) is 12.7. The van der Waals surface area contributed by atoms with Crippen molar-refractivity contribution in [1.29, 1.82) is 0 Å². The van der Waals surface area contributed by atoms with Crippen LogP contribution in [0.1, 0.15) is 53.4 Å². The number of thiazole rings is 1. The molecule has 0 unspecified atom stereocenters. The van der Waals surface area contributed by atoms with E-state index in [1.165, 1.54) is 4.90 Å². The van der Waals surface area contributed by atoms with Crippen LogP contribution < -0.4 is 4.90 Å². The number of fused-ring (bicyclic) bond motifs is 1. The largest absolute Gasteiger partial charge is 0.391 e. The van der Waals surface area contributed by atoms with Gasteiger partial charge < -0.3 is 19.8 Å². The number of hydrogen-bond acceptors (Lipinski definition) is 6. The lowest BCUT2D eigenvalue weighted by atomic mass is 10.1. The summed E-state index contributed by atoms with van der Waals surface area (Å²) in [4.78, 5) is 52.3. The maximum Gasteiger partial charge on any atom is 0.255 e. The Balaban J connectivity index is 1.27. The number of benzene rings is 3. The van der Waals surface area contributed by atoms with Crippen molar-refractivity contribution in [2.45, 2.75) is 64.4 Å². The average molecular weight is 609 g/mol. The zero-order valence-electron chi connectivity index (χ0n) is 24.9. The molecule has 44 heavy (non-hydrogen) atoms. The van der Waals surface area contributed by atoms with Crippen molar-refractivity contribution in [2.24, 2.45) is 0 Å². The van der Waals surface area contributed by atoms with E-state index in [1.807, 2.05) is 92.2 Å². The van der Waals surface area contributed by atoms with Crippen molar-refractivity contribution in [1.82, 2.24) is 14.8 Å². The van der Waals surface area contributed by atoms with E-state index in [1.54, 1.807) is 27.2 Å². The van der Waals surface area contributed by atoms with Crippen molar-refractivity contribution in [2.75, 3.05) is 11.4 Å². The Morgan fingerprint density at radius 2 is 1.77 bits per heavy atom. The normalized spacial score (nSPS) is 18.4. The number of rotatable bonds is 9. The van der Waals surface area contributed by atoms with E-state index in [9.17, 15) is 19.5 Å². The molecule has 3 heterocycles. The summed E-state index contributed by atoms with van der Waals surface area (Å²) >= 11 is 1.59. The Hall–Kier alpha value is -4.34. The highest BCUT2D eigenvalue weighted by Gasteiger charge is 2.45. The van der Waals surface area contributed by atoms with Gasteiger partial charge in [-0.25, -0.2) is 4.98 Å². The number of anilines is 1. The fourth-order valence-electron chi connectivity index (χ4n) is 6.30. The maximum absolute atomic E-state index is 14.4. The summed E-state index contributed by atoms with van der Waals surface area (Å²) in [6.45, 7) is 4.68. The van der Waals surface area contributed by atoms with Gasteiger partial charge in [0.2, 0.25) is 11.8 Å². The van der Waals surface area contributed by atoms with Crippen LogP contribution in [-0.4, -0.2) is 62.3 Å². The minimum absolute atomic E-state index is 0.0515. The number of aliphatic hydroxyl groups excluding tert-OH is 1. The molecule has 6 rings (SSSR count). The first kappa shape index (κ1) is 29.7. The molecule has 3 amide bonds. The molecule has 1 N–H and O–H groups in total. The number of β-amino-alcohol motifs (C(OH)–C–C–N with tert-alkyl or cyclic N) is 1. The summed E-state index contributed by atoms with van der Waals surface area (Å²) < 4.78 is 0. The lowest BCUT2D eigenvalue weighted by Crippen LogP contribution is -2.54. The van der Waals surface area contributed by atoms with Crippen molar-refractivity contribution in [3.05, 3.63) is 107 Å². The zero-order valence-corrected chi connectivity index (χ0v) is 25.7. The lowest BCUT2D eigenvalue weighted by molar-refractivity contribution is -0.141. The number of aromatic nitrogens is 1. The Morgan fingerprint density at radius 3 is 2.45 bits per heavy atom. The quantitative estimate of drug-likeness (QED) is 0.273. The number of hydrogen-bond donors (Lipinski definition) is 1. The van der Waals surface area contributed by atoms with E-state index in [0.717, 1.165) is 27.3 Å². The summed E-state index contributed by atoms with van der Waals surface area (Å²) in [7, 11) is 0. The Kier molecular flexibility index (Phi) is 8.59. The van der Waals surface area contributed by atoms with Crippen LogP contribution in [0.5, 0.6) is 0 Å². The van der Waals surface area contributed by atoms with Gasteiger partial charge in [-0.1, -0.05) is 74.0 Å². The molecule has 8 nitrogen and oxygen atoms in total. The van der Waals surface area contributed by atoms with Crippen LogP contribution >= 0.6 is 11.3 Å². The molecule has 226 valence electrons. The molecule has 0 aliphatic carbocycles. The molecule has 0 spiro atoms. The highest BCUT2D eigenvalue weighted by molar-refractivity contribution is 7.13. The number of carbonyl (C=O) groups is 3. The number of amides is 3. The van der Waals surface area contributed by atoms with Crippen LogP contribution in [-0.2, 0) is 22.7 Å². The van der Waals surface area contributed by atoms with Gasteiger partial charge in [0.1, 0.15) is 12.1 Å². The molecule has 3 aromatic carbocycles. The first-order chi connectivity index (χ1) is 21.4. The van der Waals surface area contributed by atoms with Gasteiger partial charge in [0.15, 0.2) is 0 Å². The second-order valence-corrected chi connectivity index (χ2v) is 12.4. The minimum Gasteiger partial charge on any atom is -0.391 e. The molecule has 0 bridgehead atoms. The molecule has 4 aromatic rings. The molecule has 2 aliphatic heterocycles. The van der Waals surface area contributed by atoms with Gasteiger partial charge in [-0.05, 0) is 48.2 Å². The third-order valence-corrected chi connectivity index (χ3v) is 9.53. The Morgan fingerprint density at radius 1 is 1.05 bits per heavy atom. The van der Waals surface area contributed by atoms with Gasteiger partial charge in [0.25, 0.3) is 5.91 Å². The predicted molar refractivity (Wildman–Crippen MR) is 171 cm³/mol. The van der Waals surface area contributed by atoms with Gasteiger partial charge in [0.05, 0.1) is 28.7 Å². The second-order valence-electron chi connectivity index (χ2n) is 11.5. The monoisotopic (exact) mass is 608 g/mol. The van der Waals surface area contributed by atoms with Gasteiger partial charge in [0, 0.05) is 30.8 Å². The number of nitrogens with zero attached hydrogens (tertiary/aromatic N) is 4. The van der Waals surface area contributed by atoms with E-state index >= 15 is 0 Å². The fraction of sp³-hybridized carbons (Fsp3) is 0.314. The average Bonchev–Trinajstić information content (AvgIpc) is 3.75. The first-order valence-electron chi connectivity index (χ1n) is 15.1. The molecule has 0 saturated carbocycles. The van der Waals surface area contributed by atoms with Crippen LogP contribution in [0.2, 0.25) is 0 Å². The molecule has 2 aliphatic rings. The molecular weight excluding hydrogens is 572 g/mol. The molecule has 0 radical (unpaired) electrons. The minimum atomic E-state index is -0.851. The molecule has 9 heteroatoms. The number of likely N-dealkylation sites (tertiary alicyclic amines) is 1. The topological polar surface area (TPSA) is 94.1 Å². The summed E-state index contributed by atoms with van der Waals surface area (Å²) in [5.41, 5.74) is 7.05. The van der Waals surface area contributed by atoms with Crippen molar-refractivity contribution < 1.29 is 19.5 Å². The van der Waals surface area contributed by atoms with E-state index < -0.39 is 18.2 Å². The van der Waals surface area contributed by atoms with E-state index in [-0.39, 0.29) is 30.7 Å². The SMILES string of the molecule is CCC[C@@H](C(=O)N1C[C@H](O)C[C@H]1C(=O)N(Cc1ccc(-c2scnc2C)cc1)c1ccccc1)N1Cc2ccccc2C1=O. The molecule has 1 fully saturated rings. The molecule has 1 aromatic heterocycles. The molecule has 1 saturated heterocycles. The molecule has 3 atom stereocenters.